The average Bonchev–Trinajstić information content (AvgIpc) is 2.50. The Morgan fingerprint density at radius 2 is 1.76 bits per heavy atom. The number of hydrogen-bond acceptors (Lipinski definition) is 3. The van der Waals surface area contributed by atoms with Crippen LogP contribution in [0, 0.1) is 5.82 Å². The molecule has 0 unspecified atom stereocenters. The molecule has 0 aliphatic heterocycles. The molecule has 5 heteroatoms. The SMILES string of the molecule is CSc1ccc(O[C@H](C)C(=O)Nc2ccc(F)cc2)cc1. The summed E-state index contributed by atoms with van der Waals surface area (Å²) in [6.45, 7) is 1.67. The number of halogens is 1. The van der Waals surface area contributed by atoms with Crippen molar-refractivity contribution in [2.75, 3.05) is 11.6 Å². The van der Waals surface area contributed by atoms with Crippen molar-refractivity contribution >= 4 is 23.4 Å². The first kappa shape index (κ1) is 15.4. The Bertz CT molecular complexity index is 599. The predicted molar refractivity (Wildman–Crippen MR) is 83.3 cm³/mol. The van der Waals surface area contributed by atoms with Crippen LogP contribution in [-0.4, -0.2) is 18.3 Å². The molecule has 0 aromatic heterocycles. The second-order valence-electron chi connectivity index (χ2n) is 4.43. The highest BCUT2D eigenvalue weighted by Gasteiger charge is 2.14. The summed E-state index contributed by atoms with van der Waals surface area (Å²) in [5.41, 5.74) is 0.537. The van der Waals surface area contributed by atoms with E-state index in [9.17, 15) is 9.18 Å². The summed E-state index contributed by atoms with van der Waals surface area (Å²) in [6.07, 6.45) is 1.35. The second kappa shape index (κ2) is 7.13. The molecule has 0 aliphatic carbocycles. The van der Waals surface area contributed by atoms with Crippen LogP contribution in [-0.2, 0) is 4.79 Å². The van der Waals surface area contributed by atoms with Crippen molar-refractivity contribution in [1.82, 2.24) is 0 Å². The van der Waals surface area contributed by atoms with Gasteiger partial charge < -0.3 is 10.1 Å². The van der Waals surface area contributed by atoms with Crippen molar-refractivity contribution in [2.45, 2.75) is 17.9 Å². The largest absolute Gasteiger partial charge is 0.481 e. The van der Waals surface area contributed by atoms with Gasteiger partial charge in [0, 0.05) is 10.6 Å². The first-order chi connectivity index (χ1) is 10.1. The molecule has 2 rings (SSSR count). The number of carbonyl (C=O) groups excluding carboxylic acids is 1. The number of carbonyl (C=O) groups is 1. The van der Waals surface area contributed by atoms with Gasteiger partial charge in [0.25, 0.3) is 5.91 Å². The molecule has 0 fully saturated rings. The van der Waals surface area contributed by atoms with Crippen molar-refractivity contribution in [3.8, 4) is 5.75 Å². The zero-order chi connectivity index (χ0) is 15.2. The highest BCUT2D eigenvalue weighted by Crippen LogP contribution is 2.20. The normalized spacial score (nSPS) is 11.8. The summed E-state index contributed by atoms with van der Waals surface area (Å²) < 4.78 is 18.4. The third kappa shape index (κ3) is 4.49. The van der Waals surface area contributed by atoms with Crippen molar-refractivity contribution < 1.29 is 13.9 Å². The van der Waals surface area contributed by atoms with E-state index in [-0.39, 0.29) is 11.7 Å². The van der Waals surface area contributed by atoms with Crippen molar-refractivity contribution in [3.63, 3.8) is 0 Å². The van der Waals surface area contributed by atoms with Gasteiger partial charge in [-0.15, -0.1) is 11.8 Å². The third-order valence-electron chi connectivity index (χ3n) is 2.85. The lowest BCUT2D eigenvalue weighted by molar-refractivity contribution is -0.122. The van der Waals surface area contributed by atoms with Gasteiger partial charge in [0.2, 0.25) is 0 Å². The fourth-order valence-electron chi connectivity index (χ4n) is 1.69. The smallest absolute Gasteiger partial charge is 0.265 e. The number of ether oxygens (including phenoxy) is 1. The molecule has 0 aliphatic rings. The second-order valence-corrected chi connectivity index (χ2v) is 5.31. The van der Waals surface area contributed by atoms with Crippen LogP contribution in [0.4, 0.5) is 10.1 Å². The maximum absolute atomic E-state index is 12.8. The fraction of sp³-hybridized carbons (Fsp3) is 0.188. The van der Waals surface area contributed by atoms with E-state index in [1.54, 1.807) is 18.7 Å². The fourth-order valence-corrected chi connectivity index (χ4v) is 2.10. The highest BCUT2D eigenvalue weighted by atomic mass is 32.2. The first-order valence-corrected chi connectivity index (χ1v) is 7.68. The zero-order valence-electron chi connectivity index (χ0n) is 11.8. The van der Waals surface area contributed by atoms with Gasteiger partial charge in [-0.2, -0.15) is 0 Å². The van der Waals surface area contributed by atoms with Crippen LogP contribution in [0.5, 0.6) is 5.75 Å². The number of benzene rings is 2. The van der Waals surface area contributed by atoms with Crippen molar-refractivity contribution in [2.24, 2.45) is 0 Å². The van der Waals surface area contributed by atoms with Gasteiger partial charge in [0.15, 0.2) is 6.10 Å². The minimum absolute atomic E-state index is 0.282. The van der Waals surface area contributed by atoms with Crippen LogP contribution in [0.15, 0.2) is 53.4 Å². The average molecular weight is 305 g/mol. The van der Waals surface area contributed by atoms with E-state index in [1.807, 2.05) is 30.5 Å². The van der Waals surface area contributed by atoms with E-state index >= 15 is 0 Å². The van der Waals surface area contributed by atoms with Crippen LogP contribution >= 0.6 is 11.8 Å². The van der Waals surface area contributed by atoms with Gasteiger partial charge in [-0.05, 0) is 61.7 Å². The number of rotatable bonds is 5. The number of anilines is 1. The Hall–Kier alpha value is -2.01. The van der Waals surface area contributed by atoms with Gasteiger partial charge >= 0.3 is 0 Å². The monoisotopic (exact) mass is 305 g/mol. The van der Waals surface area contributed by atoms with E-state index < -0.39 is 6.10 Å². The Morgan fingerprint density at radius 3 is 2.33 bits per heavy atom. The minimum Gasteiger partial charge on any atom is -0.481 e. The van der Waals surface area contributed by atoms with Crippen molar-refractivity contribution in [1.29, 1.82) is 0 Å². The number of thioether (sulfide) groups is 1. The molecule has 1 atom stereocenters. The highest BCUT2D eigenvalue weighted by molar-refractivity contribution is 7.98. The molecule has 3 nitrogen and oxygen atoms in total. The zero-order valence-corrected chi connectivity index (χ0v) is 12.6. The molecular formula is C16H16FNO2S. The molecule has 2 aromatic rings. The van der Waals surface area contributed by atoms with E-state index in [4.69, 9.17) is 4.74 Å². The Balaban J connectivity index is 1.93. The van der Waals surface area contributed by atoms with Gasteiger partial charge in [0.1, 0.15) is 11.6 Å². The van der Waals surface area contributed by atoms with Gasteiger partial charge in [-0.1, -0.05) is 0 Å². The Kier molecular flexibility index (Phi) is 5.22. The van der Waals surface area contributed by atoms with Crippen molar-refractivity contribution in [3.05, 3.63) is 54.3 Å². The van der Waals surface area contributed by atoms with Gasteiger partial charge in [0.05, 0.1) is 0 Å². The standard InChI is InChI=1S/C16H16FNO2S/c1-11(20-14-7-9-15(21-2)10-8-14)16(19)18-13-5-3-12(17)4-6-13/h3-11H,1-2H3,(H,18,19)/t11-/m1/s1. The van der Waals surface area contributed by atoms with Crippen LogP contribution in [0.25, 0.3) is 0 Å². The van der Waals surface area contributed by atoms with Gasteiger partial charge in [-0.3, -0.25) is 4.79 Å². The molecule has 0 saturated carbocycles. The van der Waals surface area contributed by atoms with E-state index in [2.05, 4.69) is 5.32 Å². The molecule has 1 N–H and O–H groups in total. The van der Waals surface area contributed by atoms with Crippen LogP contribution < -0.4 is 10.1 Å². The molecule has 21 heavy (non-hydrogen) atoms. The van der Waals surface area contributed by atoms with Crippen LogP contribution in [0.1, 0.15) is 6.92 Å². The molecule has 110 valence electrons. The topological polar surface area (TPSA) is 38.3 Å². The van der Waals surface area contributed by atoms with E-state index in [1.165, 1.54) is 24.3 Å². The molecule has 1 amide bonds. The van der Waals surface area contributed by atoms with E-state index in [0.29, 0.717) is 11.4 Å². The summed E-state index contributed by atoms with van der Waals surface area (Å²) in [6, 6.07) is 13.1. The van der Waals surface area contributed by atoms with Gasteiger partial charge in [-0.25, -0.2) is 4.39 Å². The summed E-state index contributed by atoms with van der Waals surface area (Å²) in [5.74, 6) is 0.0105. The quantitative estimate of drug-likeness (QED) is 0.850. The molecular weight excluding hydrogens is 289 g/mol. The molecule has 0 spiro atoms. The molecule has 0 heterocycles. The number of nitrogens with one attached hydrogen (secondary N) is 1. The summed E-state index contributed by atoms with van der Waals surface area (Å²) >= 11 is 1.64. The maximum atomic E-state index is 12.8. The number of amides is 1. The number of hydrogen-bond donors (Lipinski definition) is 1. The predicted octanol–water partition coefficient (Wildman–Crippen LogP) is 3.95. The van der Waals surface area contributed by atoms with Crippen LogP contribution in [0.2, 0.25) is 0 Å². The lowest BCUT2D eigenvalue weighted by Crippen LogP contribution is -2.30. The van der Waals surface area contributed by atoms with Crippen LogP contribution in [0.3, 0.4) is 0 Å². The Labute approximate surface area is 127 Å². The lowest BCUT2D eigenvalue weighted by atomic mass is 10.3. The molecule has 0 bridgehead atoms. The summed E-state index contributed by atoms with van der Waals surface area (Å²) in [5, 5.41) is 2.68. The summed E-state index contributed by atoms with van der Waals surface area (Å²) in [4.78, 5) is 13.1. The first-order valence-electron chi connectivity index (χ1n) is 6.45. The summed E-state index contributed by atoms with van der Waals surface area (Å²) in [7, 11) is 0. The molecule has 2 aromatic carbocycles. The maximum Gasteiger partial charge on any atom is 0.265 e. The third-order valence-corrected chi connectivity index (χ3v) is 3.60. The Morgan fingerprint density at radius 1 is 1.14 bits per heavy atom. The molecule has 0 radical (unpaired) electrons. The molecule has 0 saturated heterocycles. The minimum atomic E-state index is -0.643. The van der Waals surface area contributed by atoms with E-state index in [0.717, 1.165) is 4.90 Å². The lowest BCUT2D eigenvalue weighted by Gasteiger charge is -2.15.